The molecule has 0 radical (unpaired) electrons. The van der Waals surface area contributed by atoms with Gasteiger partial charge in [-0.25, -0.2) is 0 Å². The van der Waals surface area contributed by atoms with E-state index in [9.17, 15) is 5.11 Å². The van der Waals surface area contributed by atoms with Crippen molar-refractivity contribution < 1.29 is 5.11 Å². The van der Waals surface area contributed by atoms with E-state index in [0.29, 0.717) is 5.57 Å². The summed E-state index contributed by atoms with van der Waals surface area (Å²) < 4.78 is 0. The lowest BCUT2D eigenvalue weighted by atomic mass is 10.1. The van der Waals surface area contributed by atoms with Gasteiger partial charge in [0.1, 0.15) is 0 Å². The molecule has 10 heavy (non-hydrogen) atoms. The van der Waals surface area contributed by atoms with E-state index in [0.717, 1.165) is 5.57 Å². The summed E-state index contributed by atoms with van der Waals surface area (Å²) in [4.78, 5) is 0. The standard InChI is InChI=1S/C8H13ClO/c1-5(2)7(9)8(10)6(3)4/h7-8,10H,1,3H2,2,4H3. The fourth-order valence-corrected chi connectivity index (χ4v) is 0.734. The van der Waals surface area contributed by atoms with Crippen LogP contribution in [0.25, 0.3) is 0 Å². The van der Waals surface area contributed by atoms with Crippen LogP contribution < -0.4 is 0 Å². The average molecular weight is 161 g/mol. The van der Waals surface area contributed by atoms with E-state index >= 15 is 0 Å². The fraction of sp³-hybridized carbons (Fsp3) is 0.500. The van der Waals surface area contributed by atoms with Crippen molar-refractivity contribution in [2.75, 3.05) is 0 Å². The zero-order chi connectivity index (χ0) is 8.31. The topological polar surface area (TPSA) is 20.2 Å². The summed E-state index contributed by atoms with van der Waals surface area (Å²) >= 11 is 5.75. The third-order valence-electron chi connectivity index (χ3n) is 1.25. The third-order valence-corrected chi connectivity index (χ3v) is 1.86. The Balaban J connectivity index is 4.07. The molecule has 2 atom stereocenters. The highest BCUT2D eigenvalue weighted by molar-refractivity contribution is 6.22. The Labute approximate surface area is 67.0 Å². The van der Waals surface area contributed by atoms with Gasteiger partial charge in [-0.3, -0.25) is 0 Å². The Morgan fingerprint density at radius 2 is 1.70 bits per heavy atom. The SMILES string of the molecule is C=C(C)C(O)C(Cl)C(=C)C. The van der Waals surface area contributed by atoms with E-state index in [-0.39, 0.29) is 0 Å². The highest BCUT2D eigenvalue weighted by atomic mass is 35.5. The van der Waals surface area contributed by atoms with Crippen LogP contribution in [0.5, 0.6) is 0 Å². The molecule has 0 aliphatic rings. The minimum absolute atomic E-state index is 0.405. The van der Waals surface area contributed by atoms with Crippen LogP contribution in [0, 0.1) is 0 Å². The molecule has 58 valence electrons. The Morgan fingerprint density at radius 1 is 1.30 bits per heavy atom. The Morgan fingerprint density at radius 3 is 1.80 bits per heavy atom. The smallest absolute Gasteiger partial charge is 0.0946 e. The normalized spacial score (nSPS) is 16.0. The Bertz CT molecular complexity index is 133. The molecule has 0 aliphatic carbocycles. The number of alkyl halides is 1. The number of hydrogen-bond donors (Lipinski definition) is 1. The van der Waals surface area contributed by atoms with E-state index in [1.807, 2.05) is 0 Å². The maximum absolute atomic E-state index is 9.27. The van der Waals surface area contributed by atoms with Crippen molar-refractivity contribution in [3.8, 4) is 0 Å². The monoisotopic (exact) mass is 160 g/mol. The van der Waals surface area contributed by atoms with Crippen LogP contribution in [0.15, 0.2) is 24.3 Å². The molecule has 0 saturated carbocycles. The van der Waals surface area contributed by atoms with Crippen molar-refractivity contribution in [2.45, 2.75) is 25.3 Å². The molecule has 0 heterocycles. The van der Waals surface area contributed by atoms with Crippen LogP contribution in [-0.4, -0.2) is 16.6 Å². The molecule has 0 aromatic heterocycles. The zero-order valence-corrected chi connectivity index (χ0v) is 7.15. The number of hydrogen-bond acceptors (Lipinski definition) is 1. The Hall–Kier alpha value is -0.270. The second-order valence-corrected chi connectivity index (χ2v) is 3.01. The molecule has 0 aromatic rings. The highest BCUT2D eigenvalue weighted by Gasteiger charge is 2.16. The molecule has 0 saturated heterocycles. The van der Waals surface area contributed by atoms with Gasteiger partial charge in [0.15, 0.2) is 0 Å². The number of aliphatic hydroxyl groups is 1. The molecule has 0 aliphatic heterocycles. The van der Waals surface area contributed by atoms with E-state index < -0.39 is 11.5 Å². The summed E-state index contributed by atoms with van der Waals surface area (Å²) in [6.45, 7) is 10.7. The van der Waals surface area contributed by atoms with Crippen molar-refractivity contribution in [3.63, 3.8) is 0 Å². The van der Waals surface area contributed by atoms with E-state index in [1.54, 1.807) is 13.8 Å². The summed E-state index contributed by atoms with van der Waals surface area (Å²) in [5.74, 6) is 0. The zero-order valence-electron chi connectivity index (χ0n) is 6.39. The third kappa shape index (κ3) is 2.54. The minimum Gasteiger partial charge on any atom is -0.387 e. The van der Waals surface area contributed by atoms with Gasteiger partial charge in [0, 0.05) is 0 Å². The van der Waals surface area contributed by atoms with E-state index in [2.05, 4.69) is 13.2 Å². The highest BCUT2D eigenvalue weighted by Crippen LogP contribution is 2.16. The molecule has 1 nitrogen and oxygen atoms in total. The summed E-state index contributed by atoms with van der Waals surface area (Å²) in [5, 5.41) is 8.87. The van der Waals surface area contributed by atoms with Gasteiger partial charge < -0.3 is 5.11 Å². The first-order valence-corrected chi connectivity index (χ1v) is 3.53. The van der Waals surface area contributed by atoms with Crippen molar-refractivity contribution >= 4 is 11.6 Å². The summed E-state index contributed by atoms with van der Waals surface area (Å²) in [6.07, 6.45) is -0.667. The van der Waals surface area contributed by atoms with Gasteiger partial charge in [0.25, 0.3) is 0 Å². The van der Waals surface area contributed by atoms with Crippen LogP contribution in [0.3, 0.4) is 0 Å². The average Bonchev–Trinajstić information content (AvgIpc) is 1.84. The molecular weight excluding hydrogens is 148 g/mol. The molecule has 0 bridgehead atoms. The number of aliphatic hydroxyl groups excluding tert-OH is 1. The lowest BCUT2D eigenvalue weighted by Gasteiger charge is -2.16. The number of rotatable bonds is 3. The maximum atomic E-state index is 9.27. The van der Waals surface area contributed by atoms with Crippen LogP contribution in [-0.2, 0) is 0 Å². The minimum atomic E-state index is -0.667. The fourth-order valence-electron chi connectivity index (χ4n) is 0.519. The molecule has 2 heteroatoms. The molecule has 0 rings (SSSR count). The predicted molar refractivity (Wildman–Crippen MR) is 45.3 cm³/mol. The van der Waals surface area contributed by atoms with Gasteiger partial charge in [-0.15, -0.1) is 11.6 Å². The van der Waals surface area contributed by atoms with Gasteiger partial charge in [-0.1, -0.05) is 24.3 Å². The van der Waals surface area contributed by atoms with Gasteiger partial charge >= 0.3 is 0 Å². The summed E-state index contributed by atoms with van der Waals surface area (Å²) in [7, 11) is 0. The molecule has 0 spiro atoms. The number of halogens is 1. The predicted octanol–water partition coefficient (Wildman–Crippen LogP) is 2.11. The first kappa shape index (κ1) is 9.73. The Kier molecular flexibility index (Phi) is 3.69. The summed E-state index contributed by atoms with van der Waals surface area (Å²) in [5.41, 5.74) is 1.43. The van der Waals surface area contributed by atoms with Crippen molar-refractivity contribution in [3.05, 3.63) is 24.3 Å². The van der Waals surface area contributed by atoms with Crippen LogP contribution in [0.1, 0.15) is 13.8 Å². The first-order valence-electron chi connectivity index (χ1n) is 3.09. The van der Waals surface area contributed by atoms with Crippen molar-refractivity contribution in [1.29, 1.82) is 0 Å². The molecule has 0 aromatic carbocycles. The van der Waals surface area contributed by atoms with Gasteiger partial charge in [-0.2, -0.15) is 0 Å². The molecule has 0 fully saturated rings. The maximum Gasteiger partial charge on any atom is 0.0946 e. The van der Waals surface area contributed by atoms with Crippen LogP contribution in [0.2, 0.25) is 0 Å². The lowest BCUT2D eigenvalue weighted by molar-refractivity contribution is 0.215. The quantitative estimate of drug-likeness (QED) is 0.495. The first-order chi connectivity index (χ1) is 4.46. The van der Waals surface area contributed by atoms with Gasteiger partial charge in [0.2, 0.25) is 0 Å². The van der Waals surface area contributed by atoms with Crippen LogP contribution in [0.4, 0.5) is 0 Å². The van der Waals surface area contributed by atoms with Gasteiger partial charge in [-0.05, 0) is 13.8 Å². The molecular formula is C8H13ClO. The largest absolute Gasteiger partial charge is 0.387 e. The van der Waals surface area contributed by atoms with Gasteiger partial charge in [0.05, 0.1) is 11.5 Å². The van der Waals surface area contributed by atoms with E-state index in [1.165, 1.54) is 0 Å². The van der Waals surface area contributed by atoms with Crippen LogP contribution >= 0.6 is 11.6 Å². The molecule has 2 unspecified atom stereocenters. The van der Waals surface area contributed by atoms with Crippen molar-refractivity contribution in [1.82, 2.24) is 0 Å². The lowest BCUT2D eigenvalue weighted by Crippen LogP contribution is -2.22. The van der Waals surface area contributed by atoms with E-state index in [4.69, 9.17) is 11.6 Å². The molecule has 0 amide bonds. The summed E-state index contributed by atoms with van der Waals surface area (Å²) in [6, 6.07) is 0. The second kappa shape index (κ2) is 3.79. The molecule has 1 N–H and O–H groups in total. The second-order valence-electron chi connectivity index (χ2n) is 2.54. The van der Waals surface area contributed by atoms with Crippen molar-refractivity contribution in [2.24, 2.45) is 0 Å².